The van der Waals surface area contributed by atoms with Crippen molar-refractivity contribution >= 4 is 12.6 Å². The van der Waals surface area contributed by atoms with E-state index in [2.05, 4.69) is 12.2 Å². The SMILES string of the molecule is O=CC1C(C=O)C2OC1C1C3OC(C4C5C=CC(O5)C34)C21. The van der Waals surface area contributed by atoms with E-state index in [4.69, 9.17) is 14.2 Å². The van der Waals surface area contributed by atoms with Crippen LogP contribution in [0.2, 0.25) is 0 Å². The summed E-state index contributed by atoms with van der Waals surface area (Å²) in [6, 6.07) is 0. The summed E-state index contributed by atoms with van der Waals surface area (Å²) in [5.74, 6) is 0.788. The van der Waals surface area contributed by atoms with E-state index in [0.717, 1.165) is 12.6 Å². The molecule has 0 aromatic heterocycles. The topological polar surface area (TPSA) is 61.8 Å². The van der Waals surface area contributed by atoms with Gasteiger partial charge < -0.3 is 23.8 Å². The predicted octanol–water partition coefficient (Wildman–Crippen LogP) is -0.0194. The Labute approximate surface area is 121 Å². The van der Waals surface area contributed by atoms with Gasteiger partial charge in [-0.25, -0.2) is 0 Å². The second-order valence-electron chi connectivity index (χ2n) is 7.32. The number of hydrogen-bond donors (Lipinski definition) is 0. The minimum atomic E-state index is -0.287. The molecule has 12 unspecified atom stereocenters. The zero-order valence-corrected chi connectivity index (χ0v) is 11.3. The number of aldehydes is 2. The zero-order chi connectivity index (χ0) is 13.9. The molecule has 5 nitrogen and oxygen atoms in total. The van der Waals surface area contributed by atoms with Gasteiger partial charge in [0, 0.05) is 23.7 Å². The van der Waals surface area contributed by atoms with Crippen LogP contribution in [-0.2, 0) is 23.8 Å². The van der Waals surface area contributed by atoms with Crippen LogP contribution in [-0.4, -0.2) is 49.2 Å². The highest BCUT2D eigenvalue weighted by atomic mass is 16.6. The van der Waals surface area contributed by atoms with Crippen molar-refractivity contribution < 1.29 is 23.8 Å². The summed E-state index contributed by atoms with van der Waals surface area (Å²) >= 11 is 0. The van der Waals surface area contributed by atoms with Crippen LogP contribution in [0.1, 0.15) is 0 Å². The van der Waals surface area contributed by atoms with Crippen LogP contribution in [0.25, 0.3) is 0 Å². The van der Waals surface area contributed by atoms with E-state index in [0.29, 0.717) is 11.8 Å². The third-order valence-electron chi connectivity index (χ3n) is 6.87. The highest BCUT2D eigenvalue weighted by molar-refractivity contribution is 5.68. The molecule has 0 amide bonds. The third-order valence-corrected chi connectivity index (χ3v) is 6.87. The Bertz CT molecular complexity index is 527. The lowest BCUT2D eigenvalue weighted by Gasteiger charge is -2.40. The molecule has 6 bridgehead atoms. The Morgan fingerprint density at radius 2 is 1.10 bits per heavy atom. The van der Waals surface area contributed by atoms with Crippen molar-refractivity contribution in [3.8, 4) is 0 Å². The van der Waals surface area contributed by atoms with Crippen LogP contribution in [0, 0.1) is 35.5 Å². The average Bonchev–Trinajstić information content (AvgIpc) is 3.30. The molecule has 12 atom stereocenters. The van der Waals surface area contributed by atoms with Gasteiger partial charge in [0.05, 0.1) is 48.5 Å². The van der Waals surface area contributed by atoms with Gasteiger partial charge in [-0.05, 0) is 0 Å². The fourth-order valence-electron chi connectivity index (χ4n) is 6.32. The molecule has 0 aromatic carbocycles. The molecule has 0 spiro atoms. The van der Waals surface area contributed by atoms with Crippen LogP contribution in [0.3, 0.4) is 0 Å². The van der Waals surface area contributed by atoms with Crippen molar-refractivity contribution in [1.29, 1.82) is 0 Å². The Morgan fingerprint density at radius 1 is 0.619 bits per heavy atom. The molecule has 0 radical (unpaired) electrons. The van der Waals surface area contributed by atoms with Gasteiger partial charge in [-0.1, -0.05) is 12.2 Å². The Balaban J connectivity index is 1.43. The molecule has 6 rings (SSSR count). The van der Waals surface area contributed by atoms with Gasteiger partial charge in [0.2, 0.25) is 0 Å². The van der Waals surface area contributed by atoms with Crippen LogP contribution in [0.4, 0.5) is 0 Å². The maximum absolute atomic E-state index is 11.4. The van der Waals surface area contributed by atoms with Crippen LogP contribution < -0.4 is 0 Å². The average molecular weight is 288 g/mol. The minimum Gasteiger partial charge on any atom is -0.373 e. The Morgan fingerprint density at radius 3 is 1.57 bits per heavy atom. The van der Waals surface area contributed by atoms with E-state index in [1.54, 1.807) is 0 Å². The molecule has 5 heteroatoms. The van der Waals surface area contributed by atoms with E-state index in [1.165, 1.54) is 0 Å². The fourth-order valence-corrected chi connectivity index (χ4v) is 6.32. The molecule has 6 aliphatic rings. The van der Waals surface area contributed by atoms with Crippen molar-refractivity contribution in [2.45, 2.75) is 36.6 Å². The molecular weight excluding hydrogens is 272 g/mol. The Hall–Kier alpha value is -1.04. The lowest BCUT2D eigenvalue weighted by Crippen LogP contribution is -2.52. The molecule has 6 heterocycles. The maximum Gasteiger partial charge on any atom is 0.126 e. The van der Waals surface area contributed by atoms with Gasteiger partial charge >= 0.3 is 0 Å². The van der Waals surface area contributed by atoms with Gasteiger partial charge in [0.1, 0.15) is 12.6 Å². The van der Waals surface area contributed by atoms with Crippen molar-refractivity contribution in [2.75, 3.05) is 0 Å². The van der Waals surface area contributed by atoms with Gasteiger partial charge in [0.25, 0.3) is 0 Å². The van der Waals surface area contributed by atoms with Crippen LogP contribution >= 0.6 is 0 Å². The molecule has 0 aliphatic carbocycles. The zero-order valence-electron chi connectivity index (χ0n) is 11.3. The number of fused-ring (bicyclic) bond motifs is 16. The minimum absolute atomic E-state index is 0.133. The number of carbonyl (C=O) groups excluding carboxylic acids is 2. The second-order valence-corrected chi connectivity index (χ2v) is 7.32. The first-order valence-electron chi connectivity index (χ1n) is 7.89. The van der Waals surface area contributed by atoms with E-state index < -0.39 is 0 Å². The first kappa shape index (κ1) is 11.5. The molecule has 6 aliphatic heterocycles. The van der Waals surface area contributed by atoms with Crippen LogP contribution in [0.5, 0.6) is 0 Å². The monoisotopic (exact) mass is 288 g/mol. The highest BCUT2D eigenvalue weighted by Crippen LogP contribution is 2.66. The van der Waals surface area contributed by atoms with Gasteiger partial charge in [0.15, 0.2) is 0 Å². The molecule has 110 valence electrons. The smallest absolute Gasteiger partial charge is 0.126 e. The number of ether oxygens (including phenoxy) is 3. The normalized spacial score (nSPS) is 67.6. The summed E-state index contributed by atoms with van der Waals surface area (Å²) in [5, 5.41) is 0. The second kappa shape index (κ2) is 3.47. The quantitative estimate of drug-likeness (QED) is 0.528. The van der Waals surface area contributed by atoms with Crippen molar-refractivity contribution in [3.05, 3.63) is 12.2 Å². The lowest BCUT2D eigenvalue weighted by molar-refractivity contribution is -0.121. The van der Waals surface area contributed by atoms with Crippen molar-refractivity contribution in [3.63, 3.8) is 0 Å². The van der Waals surface area contributed by atoms with Gasteiger partial charge in [-0.15, -0.1) is 0 Å². The summed E-state index contributed by atoms with van der Waals surface area (Å²) in [6.07, 6.45) is 6.50. The summed E-state index contributed by atoms with van der Waals surface area (Å²) in [7, 11) is 0. The largest absolute Gasteiger partial charge is 0.373 e. The highest BCUT2D eigenvalue weighted by Gasteiger charge is 2.75. The molecule has 21 heavy (non-hydrogen) atoms. The number of hydrogen-bond acceptors (Lipinski definition) is 5. The van der Waals surface area contributed by atoms with E-state index in [9.17, 15) is 9.59 Å². The standard InChI is InChI=1S/C16H16O5/c17-3-5-6(4-18)14-12-11(13(5)20-14)15-9-7-1-2-8(19-7)10(9)16(12)21-15/h1-16H. The lowest BCUT2D eigenvalue weighted by atomic mass is 9.57. The number of rotatable bonds is 2. The van der Waals surface area contributed by atoms with Crippen molar-refractivity contribution in [1.82, 2.24) is 0 Å². The predicted molar refractivity (Wildman–Crippen MR) is 68.2 cm³/mol. The first-order chi connectivity index (χ1) is 10.3. The van der Waals surface area contributed by atoms with Gasteiger partial charge in [-0.2, -0.15) is 0 Å². The van der Waals surface area contributed by atoms with E-state index in [1.807, 2.05) is 0 Å². The van der Waals surface area contributed by atoms with E-state index in [-0.39, 0.29) is 60.3 Å². The maximum atomic E-state index is 11.4. The summed E-state index contributed by atoms with van der Waals surface area (Å²) < 4.78 is 18.4. The molecule has 0 saturated carbocycles. The molecule has 5 saturated heterocycles. The third kappa shape index (κ3) is 1.05. The molecule has 0 N–H and O–H groups in total. The Kier molecular flexibility index (Phi) is 1.91. The first-order valence-corrected chi connectivity index (χ1v) is 7.89. The van der Waals surface area contributed by atoms with Crippen molar-refractivity contribution in [2.24, 2.45) is 35.5 Å². The summed E-state index contributed by atoms with van der Waals surface area (Å²) in [5.41, 5.74) is 0. The summed E-state index contributed by atoms with van der Waals surface area (Å²) in [4.78, 5) is 22.8. The molecular formula is C16H16O5. The van der Waals surface area contributed by atoms with E-state index >= 15 is 0 Å². The van der Waals surface area contributed by atoms with Gasteiger partial charge in [-0.3, -0.25) is 0 Å². The summed E-state index contributed by atoms with van der Waals surface area (Å²) in [6.45, 7) is 0. The molecule has 5 fully saturated rings. The fraction of sp³-hybridized carbons (Fsp3) is 0.750. The molecule has 0 aromatic rings. The van der Waals surface area contributed by atoms with Crippen LogP contribution in [0.15, 0.2) is 12.2 Å². The number of carbonyl (C=O) groups is 2.